The molecule has 1 aliphatic rings. The zero-order valence-corrected chi connectivity index (χ0v) is 14.5. The molecule has 0 unspecified atom stereocenters. The average molecular weight is 349 g/mol. The third-order valence-electron chi connectivity index (χ3n) is 4.27. The van der Waals surface area contributed by atoms with E-state index in [1.54, 1.807) is 12.1 Å². The number of hydrogen-bond donors (Lipinski definition) is 2. The maximum atomic E-state index is 14.3. The number of aryl methyl sites for hydroxylation is 1. The van der Waals surface area contributed by atoms with Gasteiger partial charge in [-0.3, -0.25) is 4.79 Å². The normalized spacial score (nSPS) is 14.8. The number of halogens is 2. The molecule has 1 aliphatic heterocycles. The molecule has 1 saturated heterocycles. The van der Waals surface area contributed by atoms with Gasteiger partial charge >= 0.3 is 0 Å². The molecule has 0 saturated carbocycles. The second-order valence-corrected chi connectivity index (χ2v) is 6.06. The number of hydrogen-bond acceptors (Lipinski definition) is 2. The molecule has 0 aromatic heterocycles. The summed E-state index contributed by atoms with van der Waals surface area (Å²) >= 11 is 0. The zero-order chi connectivity index (χ0) is 16.2. The van der Waals surface area contributed by atoms with Crippen LogP contribution in [0.25, 0.3) is 11.1 Å². The number of piperidine rings is 1. The molecule has 1 fully saturated rings. The first-order chi connectivity index (χ1) is 11.1. The van der Waals surface area contributed by atoms with Crippen LogP contribution in [0.1, 0.15) is 28.8 Å². The third-order valence-corrected chi connectivity index (χ3v) is 4.27. The van der Waals surface area contributed by atoms with Crippen LogP contribution in [0.15, 0.2) is 42.5 Å². The van der Waals surface area contributed by atoms with Crippen LogP contribution in [0.2, 0.25) is 0 Å². The van der Waals surface area contributed by atoms with Crippen molar-refractivity contribution in [3.8, 4) is 11.1 Å². The van der Waals surface area contributed by atoms with E-state index in [9.17, 15) is 9.18 Å². The first-order valence-corrected chi connectivity index (χ1v) is 8.01. The Bertz CT molecular complexity index is 697. The Morgan fingerprint density at radius 3 is 2.33 bits per heavy atom. The van der Waals surface area contributed by atoms with E-state index in [0.29, 0.717) is 0 Å². The minimum Gasteiger partial charge on any atom is -0.349 e. The van der Waals surface area contributed by atoms with E-state index >= 15 is 0 Å². The Balaban J connectivity index is 0.00000208. The molecule has 2 aromatic carbocycles. The fraction of sp³-hybridized carbons (Fsp3) is 0.316. The van der Waals surface area contributed by atoms with Gasteiger partial charge in [0.25, 0.3) is 5.91 Å². The molecule has 0 bridgehead atoms. The van der Waals surface area contributed by atoms with E-state index in [1.807, 2.05) is 31.2 Å². The Hall–Kier alpha value is -1.91. The Labute approximate surface area is 148 Å². The summed E-state index contributed by atoms with van der Waals surface area (Å²) in [5.41, 5.74) is 2.99. The molecule has 2 aromatic rings. The van der Waals surface area contributed by atoms with Crippen molar-refractivity contribution in [2.45, 2.75) is 25.8 Å². The minimum atomic E-state index is -0.477. The van der Waals surface area contributed by atoms with Crippen molar-refractivity contribution < 1.29 is 9.18 Å². The number of benzene rings is 2. The molecule has 0 radical (unpaired) electrons. The van der Waals surface area contributed by atoms with Gasteiger partial charge in [0.05, 0.1) is 5.56 Å². The summed E-state index contributed by atoms with van der Waals surface area (Å²) in [5.74, 6) is -0.806. The monoisotopic (exact) mass is 348 g/mol. The zero-order valence-electron chi connectivity index (χ0n) is 13.6. The van der Waals surface area contributed by atoms with Crippen molar-refractivity contribution in [1.82, 2.24) is 10.6 Å². The van der Waals surface area contributed by atoms with Gasteiger partial charge in [0.15, 0.2) is 0 Å². The molecule has 0 spiro atoms. The van der Waals surface area contributed by atoms with Gasteiger partial charge in [-0.15, -0.1) is 12.4 Å². The van der Waals surface area contributed by atoms with E-state index < -0.39 is 5.82 Å². The quantitative estimate of drug-likeness (QED) is 0.888. The number of rotatable bonds is 3. The minimum absolute atomic E-state index is 0. The Kier molecular flexibility index (Phi) is 6.35. The van der Waals surface area contributed by atoms with Gasteiger partial charge in [0.1, 0.15) is 5.82 Å². The number of carbonyl (C=O) groups is 1. The molecule has 128 valence electrons. The summed E-state index contributed by atoms with van der Waals surface area (Å²) in [6.45, 7) is 3.79. The lowest BCUT2D eigenvalue weighted by molar-refractivity contribution is 0.0925. The molecule has 5 heteroatoms. The summed E-state index contributed by atoms with van der Waals surface area (Å²) in [5, 5.41) is 6.17. The van der Waals surface area contributed by atoms with Crippen molar-refractivity contribution in [2.24, 2.45) is 0 Å². The van der Waals surface area contributed by atoms with Gasteiger partial charge in [-0.25, -0.2) is 4.39 Å². The summed E-state index contributed by atoms with van der Waals surface area (Å²) in [4.78, 5) is 12.3. The van der Waals surface area contributed by atoms with Gasteiger partial charge in [0, 0.05) is 6.04 Å². The predicted octanol–water partition coefficient (Wildman–Crippen LogP) is 3.70. The van der Waals surface area contributed by atoms with Crippen LogP contribution >= 0.6 is 12.4 Å². The van der Waals surface area contributed by atoms with Gasteiger partial charge in [0.2, 0.25) is 0 Å². The highest BCUT2D eigenvalue weighted by molar-refractivity contribution is 5.95. The first kappa shape index (κ1) is 18.4. The summed E-state index contributed by atoms with van der Waals surface area (Å²) in [6, 6.07) is 12.8. The van der Waals surface area contributed by atoms with Gasteiger partial charge in [-0.05, 0) is 56.1 Å². The van der Waals surface area contributed by atoms with Crippen molar-refractivity contribution in [3.63, 3.8) is 0 Å². The van der Waals surface area contributed by atoms with E-state index in [4.69, 9.17) is 0 Å². The summed E-state index contributed by atoms with van der Waals surface area (Å²) in [7, 11) is 0. The molecule has 3 rings (SSSR count). The fourth-order valence-electron chi connectivity index (χ4n) is 2.85. The Morgan fingerprint density at radius 2 is 1.71 bits per heavy atom. The lowest BCUT2D eigenvalue weighted by Crippen LogP contribution is -2.42. The van der Waals surface area contributed by atoms with Crippen molar-refractivity contribution >= 4 is 18.3 Å². The molecule has 2 N–H and O–H groups in total. The smallest absolute Gasteiger partial charge is 0.254 e. The van der Waals surface area contributed by atoms with Crippen molar-refractivity contribution in [3.05, 3.63) is 59.4 Å². The maximum Gasteiger partial charge on any atom is 0.254 e. The number of amides is 1. The van der Waals surface area contributed by atoms with Gasteiger partial charge < -0.3 is 10.6 Å². The summed E-state index contributed by atoms with van der Waals surface area (Å²) in [6.07, 6.45) is 1.77. The van der Waals surface area contributed by atoms with Crippen LogP contribution < -0.4 is 10.6 Å². The van der Waals surface area contributed by atoms with Crippen LogP contribution in [0.5, 0.6) is 0 Å². The molecule has 0 atom stereocenters. The molecule has 24 heavy (non-hydrogen) atoms. The van der Waals surface area contributed by atoms with Crippen molar-refractivity contribution in [2.75, 3.05) is 13.1 Å². The largest absolute Gasteiger partial charge is 0.349 e. The molecule has 0 aliphatic carbocycles. The van der Waals surface area contributed by atoms with Gasteiger partial charge in [-0.2, -0.15) is 0 Å². The van der Waals surface area contributed by atoms with E-state index in [2.05, 4.69) is 10.6 Å². The highest BCUT2D eigenvalue weighted by Gasteiger charge is 2.18. The van der Waals surface area contributed by atoms with Crippen LogP contribution in [0.3, 0.4) is 0 Å². The van der Waals surface area contributed by atoms with E-state index in [-0.39, 0.29) is 29.9 Å². The summed E-state index contributed by atoms with van der Waals surface area (Å²) < 4.78 is 14.3. The molecule has 1 heterocycles. The van der Waals surface area contributed by atoms with Crippen LogP contribution in [-0.2, 0) is 0 Å². The highest BCUT2D eigenvalue weighted by atomic mass is 35.5. The lowest BCUT2D eigenvalue weighted by Gasteiger charge is -2.23. The maximum absolute atomic E-state index is 14.3. The second kappa shape index (κ2) is 8.27. The van der Waals surface area contributed by atoms with Crippen molar-refractivity contribution in [1.29, 1.82) is 0 Å². The molecule has 1 amide bonds. The standard InChI is InChI=1S/C19H21FN2O.ClH/c1-13-2-4-14(5-3-13)15-6-7-17(18(20)12-15)19(23)22-16-8-10-21-11-9-16;/h2-7,12,16,21H,8-11H2,1H3,(H,22,23);1H. The third kappa shape index (κ3) is 4.34. The predicted molar refractivity (Wildman–Crippen MR) is 97.2 cm³/mol. The topological polar surface area (TPSA) is 41.1 Å². The van der Waals surface area contributed by atoms with Crippen LogP contribution in [0.4, 0.5) is 4.39 Å². The van der Waals surface area contributed by atoms with Crippen LogP contribution in [-0.4, -0.2) is 25.0 Å². The highest BCUT2D eigenvalue weighted by Crippen LogP contribution is 2.22. The molecular formula is C19H22ClFN2O. The fourth-order valence-corrected chi connectivity index (χ4v) is 2.85. The lowest BCUT2D eigenvalue weighted by atomic mass is 10.0. The Morgan fingerprint density at radius 1 is 1.08 bits per heavy atom. The molecular weight excluding hydrogens is 327 g/mol. The number of carbonyl (C=O) groups excluding carboxylic acids is 1. The average Bonchev–Trinajstić information content (AvgIpc) is 2.56. The SMILES string of the molecule is Cc1ccc(-c2ccc(C(=O)NC3CCNCC3)c(F)c2)cc1.Cl. The second-order valence-electron chi connectivity index (χ2n) is 6.06. The first-order valence-electron chi connectivity index (χ1n) is 8.01. The van der Waals surface area contributed by atoms with Crippen LogP contribution in [0, 0.1) is 12.7 Å². The van der Waals surface area contributed by atoms with Gasteiger partial charge in [-0.1, -0.05) is 35.9 Å². The van der Waals surface area contributed by atoms with E-state index in [1.165, 1.54) is 6.07 Å². The molecule has 3 nitrogen and oxygen atoms in total. The number of nitrogens with one attached hydrogen (secondary N) is 2. The van der Waals surface area contributed by atoms with E-state index in [0.717, 1.165) is 42.6 Å².